The molecule has 0 saturated heterocycles. The molecule has 0 aliphatic heterocycles. The summed E-state index contributed by atoms with van der Waals surface area (Å²) in [6.07, 6.45) is 1.85. The molecule has 94 valence electrons. The lowest BCUT2D eigenvalue weighted by Crippen LogP contribution is -2.09. The number of nitrogens with one attached hydrogen (secondary N) is 1. The molecule has 2 rings (SSSR count). The molecule has 0 spiro atoms. The van der Waals surface area contributed by atoms with E-state index >= 15 is 0 Å². The number of anilines is 1. The molecule has 0 bridgehead atoms. The molecule has 1 N–H and O–H groups in total. The number of halogens is 2. The molecule has 0 aliphatic carbocycles. The van der Waals surface area contributed by atoms with Crippen LogP contribution in [0.15, 0.2) is 12.3 Å². The average Bonchev–Trinajstić information content (AvgIpc) is 2.81. The van der Waals surface area contributed by atoms with Crippen LogP contribution in [0.2, 0.25) is 0 Å². The van der Waals surface area contributed by atoms with Crippen LogP contribution in [-0.4, -0.2) is 27.8 Å². The van der Waals surface area contributed by atoms with Crippen molar-refractivity contribution in [2.45, 2.75) is 12.3 Å². The Kier molecular flexibility index (Phi) is 3.95. The summed E-state index contributed by atoms with van der Waals surface area (Å²) in [4.78, 5) is 4.25. The van der Waals surface area contributed by atoms with Gasteiger partial charge in [-0.3, -0.25) is 4.39 Å². The van der Waals surface area contributed by atoms with E-state index in [4.69, 9.17) is 16.9 Å². The first-order chi connectivity index (χ1) is 8.80. The topological polar surface area (TPSA) is 66.0 Å². The molecule has 0 aromatic carbocycles. The van der Waals surface area contributed by atoms with E-state index in [1.165, 1.54) is 10.7 Å². The highest BCUT2D eigenvalue weighted by Gasteiger charge is 2.10. The molecule has 5 nitrogen and oxygen atoms in total. The maximum absolute atomic E-state index is 12.1. The monoisotopic (exact) mass is 266 g/mol. The number of alkyl halides is 2. The van der Waals surface area contributed by atoms with E-state index in [1.54, 1.807) is 6.07 Å². The minimum atomic E-state index is -0.383. The Morgan fingerprint density at radius 3 is 3.06 bits per heavy atom. The summed E-state index contributed by atoms with van der Waals surface area (Å²) >= 11 is 5.76. The molecule has 0 fully saturated rings. The fourth-order valence-electron chi connectivity index (χ4n) is 1.57. The number of rotatable bonds is 5. The van der Waals surface area contributed by atoms with Gasteiger partial charge in [-0.05, 0) is 6.42 Å². The minimum Gasteiger partial charge on any atom is -0.370 e. The number of hydrogen-bond acceptors (Lipinski definition) is 4. The van der Waals surface area contributed by atoms with Crippen LogP contribution in [0.25, 0.3) is 5.65 Å². The lowest BCUT2D eigenvalue weighted by Gasteiger charge is -2.08. The van der Waals surface area contributed by atoms with Crippen molar-refractivity contribution in [3.8, 4) is 6.07 Å². The van der Waals surface area contributed by atoms with Crippen LogP contribution >= 0.6 is 11.6 Å². The molecule has 0 atom stereocenters. The molecular formula is C11H11ClFN5. The fraction of sp³-hybridized carbons (Fsp3) is 0.364. The minimum absolute atomic E-state index is 0.240. The fourth-order valence-corrected chi connectivity index (χ4v) is 1.71. The van der Waals surface area contributed by atoms with E-state index in [0.29, 0.717) is 35.7 Å². The predicted molar refractivity (Wildman–Crippen MR) is 66.3 cm³/mol. The van der Waals surface area contributed by atoms with Gasteiger partial charge in [-0.15, -0.1) is 11.6 Å². The van der Waals surface area contributed by atoms with Crippen molar-refractivity contribution >= 4 is 23.1 Å². The van der Waals surface area contributed by atoms with Gasteiger partial charge in [-0.25, -0.2) is 4.98 Å². The Morgan fingerprint density at radius 1 is 1.56 bits per heavy atom. The van der Waals surface area contributed by atoms with Crippen LogP contribution in [0.1, 0.15) is 17.7 Å². The molecule has 0 aliphatic rings. The summed E-state index contributed by atoms with van der Waals surface area (Å²) in [5, 5.41) is 16.1. The summed E-state index contributed by atoms with van der Waals surface area (Å²) in [7, 11) is 0. The Balaban J connectivity index is 2.43. The van der Waals surface area contributed by atoms with Crippen LogP contribution in [0, 0.1) is 11.3 Å². The van der Waals surface area contributed by atoms with Crippen LogP contribution in [0.4, 0.5) is 10.2 Å². The Morgan fingerprint density at radius 2 is 2.39 bits per heavy atom. The molecule has 0 unspecified atom stereocenters. The van der Waals surface area contributed by atoms with E-state index in [1.807, 2.05) is 6.07 Å². The Labute approximate surface area is 108 Å². The van der Waals surface area contributed by atoms with E-state index in [0.717, 1.165) is 0 Å². The molecule has 0 saturated carbocycles. The van der Waals surface area contributed by atoms with E-state index < -0.39 is 0 Å². The van der Waals surface area contributed by atoms with Gasteiger partial charge in [-0.1, -0.05) is 0 Å². The first kappa shape index (κ1) is 12.6. The third-order valence-electron chi connectivity index (χ3n) is 2.40. The number of aromatic nitrogens is 3. The number of hydrogen-bond donors (Lipinski definition) is 1. The van der Waals surface area contributed by atoms with Gasteiger partial charge >= 0.3 is 0 Å². The molecule has 0 radical (unpaired) electrons. The average molecular weight is 267 g/mol. The second-order valence-electron chi connectivity index (χ2n) is 3.64. The van der Waals surface area contributed by atoms with E-state index in [2.05, 4.69) is 15.4 Å². The van der Waals surface area contributed by atoms with Crippen molar-refractivity contribution in [3.05, 3.63) is 23.5 Å². The van der Waals surface area contributed by atoms with Gasteiger partial charge in [0.1, 0.15) is 17.5 Å². The maximum Gasteiger partial charge on any atom is 0.175 e. The largest absolute Gasteiger partial charge is 0.370 e. The maximum atomic E-state index is 12.1. The van der Waals surface area contributed by atoms with Crippen molar-refractivity contribution in [1.82, 2.24) is 14.6 Å². The third kappa shape index (κ3) is 2.36. The van der Waals surface area contributed by atoms with Crippen LogP contribution in [0.3, 0.4) is 0 Å². The summed E-state index contributed by atoms with van der Waals surface area (Å²) in [5.41, 5.74) is 1.48. The zero-order chi connectivity index (χ0) is 13.0. The zero-order valence-electron chi connectivity index (χ0n) is 9.53. The lowest BCUT2D eigenvalue weighted by atomic mass is 10.3. The van der Waals surface area contributed by atoms with Crippen molar-refractivity contribution in [2.24, 2.45) is 0 Å². The summed E-state index contributed by atoms with van der Waals surface area (Å²) in [6, 6.07) is 3.76. The summed E-state index contributed by atoms with van der Waals surface area (Å²) in [5.74, 6) is 0.898. The molecule has 7 heteroatoms. The number of nitriles is 1. The molecule has 0 amide bonds. The summed E-state index contributed by atoms with van der Waals surface area (Å²) in [6.45, 7) is 0.102. The lowest BCUT2D eigenvalue weighted by molar-refractivity contribution is 0.481. The quantitative estimate of drug-likeness (QED) is 0.665. The van der Waals surface area contributed by atoms with E-state index in [9.17, 15) is 4.39 Å². The normalized spacial score (nSPS) is 10.5. The second-order valence-corrected chi connectivity index (χ2v) is 3.91. The van der Waals surface area contributed by atoms with Crippen molar-refractivity contribution in [1.29, 1.82) is 5.26 Å². The van der Waals surface area contributed by atoms with Gasteiger partial charge in [0.25, 0.3) is 0 Å². The number of nitrogens with zero attached hydrogens (tertiary/aromatic N) is 4. The van der Waals surface area contributed by atoms with Gasteiger partial charge in [0.15, 0.2) is 5.65 Å². The predicted octanol–water partition coefficient (Wildman–Crippen LogP) is 2.11. The molecule has 2 heterocycles. The molecule has 18 heavy (non-hydrogen) atoms. The van der Waals surface area contributed by atoms with Crippen LogP contribution < -0.4 is 5.32 Å². The first-order valence-corrected chi connectivity index (χ1v) is 5.97. The smallest absolute Gasteiger partial charge is 0.175 e. The van der Waals surface area contributed by atoms with Crippen molar-refractivity contribution in [2.75, 3.05) is 18.5 Å². The highest BCUT2D eigenvalue weighted by atomic mass is 35.5. The molecular weight excluding hydrogens is 256 g/mol. The van der Waals surface area contributed by atoms with Gasteiger partial charge in [-0.2, -0.15) is 14.9 Å². The Bertz CT molecular complexity index is 589. The zero-order valence-corrected chi connectivity index (χ0v) is 10.3. The highest BCUT2D eigenvalue weighted by Crippen LogP contribution is 2.16. The SMILES string of the molecule is N#Cc1cnn2c(NCCC[18F])cc(CCl)nc12. The van der Waals surface area contributed by atoms with Crippen molar-refractivity contribution in [3.63, 3.8) is 0 Å². The molecule has 2 aromatic heterocycles. The van der Waals surface area contributed by atoms with Crippen molar-refractivity contribution < 1.29 is 4.39 Å². The second kappa shape index (κ2) is 5.65. The summed E-state index contributed by atoms with van der Waals surface area (Å²) < 4.78 is 13.6. The highest BCUT2D eigenvalue weighted by molar-refractivity contribution is 6.16. The molecule has 2 aromatic rings. The van der Waals surface area contributed by atoms with Crippen LogP contribution in [0.5, 0.6) is 0 Å². The van der Waals surface area contributed by atoms with Gasteiger partial charge in [0.2, 0.25) is 0 Å². The Hall–Kier alpha value is -1.87. The van der Waals surface area contributed by atoms with Gasteiger partial charge in [0.05, 0.1) is 24.4 Å². The standard InChI is InChI=1S/C11H11ClFN5/c12-5-9-4-10(15-3-1-2-13)18-11(17-9)8(6-14)7-16-18/h4,7,15H,1-3,5H2/i13-1. The van der Waals surface area contributed by atoms with Gasteiger partial charge < -0.3 is 5.32 Å². The van der Waals surface area contributed by atoms with Crippen LogP contribution in [-0.2, 0) is 5.88 Å². The van der Waals surface area contributed by atoms with E-state index in [-0.39, 0.29) is 12.6 Å². The van der Waals surface area contributed by atoms with Gasteiger partial charge in [0, 0.05) is 12.6 Å². The number of fused-ring (bicyclic) bond motifs is 1. The first-order valence-electron chi connectivity index (χ1n) is 5.43. The third-order valence-corrected chi connectivity index (χ3v) is 2.67.